The van der Waals surface area contributed by atoms with Gasteiger partial charge in [-0.1, -0.05) is 13.8 Å². The van der Waals surface area contributed by atoms with Crippen LogP contribution in [0.5, 0.6) is 0 Å². The van der Waals surface area contributed by atoms with Crippen LogP contribution in [0.4, 0.5) is 0 Å². The second-order valence-electron chi connectivity index (χ2n) is 5.48. The molecule has 0 heterocycles. The number of hydrogen-bond donors (Lipinski definition) is 2. The zero-order chi connectivity index (χ0) is 12.8. The number of methoxy groups -OCH3 is 1. The minimum absolute atomic E-state index is 0. The predicted octanol–water partition coefficient (Wildman–Crippen LogP) is 1.71. The van der Waals surface area contributed by atoms with Gasteiger partial charge in [0.25, 0.3) is 0 Å². The van der Waals surface area contributed by atoms with Crippen molar-refractivity contribution in [1.82, 2.24) is 5.32 Å². The first kappa shape index (κ1) is 17.7. The fourth-order valence-corrected chi connectivity index (χ4v) is 2.82. The molecule has 0 saturated heterocycles. The number of hydrogen-bond acceptors (Lipinski definition) is 3. The number of nitrogens with two attached hydrogens (primary N) is 1. The summed E-state index contributed by atoms with van der Waals surface area (Å²) in [4.78, 5) is 11.8. The van der Waals surface area contributed by atoms with E-state index in [0.717, 1.165) is 12.8 Å². The number of carbonyl (C=O) groups is 1. The average Bonchev–Trinajstić information content (AvgIpc) is 2.24. The molecule has 0 bridgehead atoms. The highest BCUT2D eigenvalue weighted by molar-refractivity contribution is 5.85. The van der Waals surface area contributed by atoms with E-state index in [4.69, 9.17) is 10.5 Å². The van der Waals surface area contributed by atoms with E-state index in [-0.39, 0.29) is 24.4 Å². The third kappa shape index (κ3) is 6.03. The van der Waals surface area contributed by atoms with Crippen LogP contribution in [0.25, 0.3) is 0 Å². The molecule has 108 valence electrons. The standard InChI is InChI=1S/C13H26N2O2.ClH/c1-9-4-10(2)6-11(5-9)15-13(16)7-12(8-14)17-3;/h9-12H,4-8,14H2,1-3H3,(H,15,16);1H. The fourth-order valence-electron chi connectivity index (χ4n) is 2.82. The van der Waals surface area contributed by atoms with Gasteiger partial charge in [0, 0.05) is 19.7 Å². The van der Waals surface area contributed by atoms with Crippen molar-refractivity contribution >= 4 is 18.3 Å². The normalized spacial score (nSPS) is 29.2. The van der Waals surface area contributed by atoms with Gasteiger partial charge < -0.3 is 15.8 Å². The van der Waals surface area contributed by atoms with Crippen molar-refractivity contribution in [1.29, 1.82) is 0 Å². The molecule has 1 rings (SSSR count). The maximum absolute atomic E-state index is 11.8. The molecule has 0 radical (unpaired) electrons. The molecule has 1 amide bonds. The molecule has 4 nitrogen and oxygen atoms in total. The van der Waals surface area contributed by atoms with Crippen molar-refractivity contribution in [3.8, 4) is 0 Å². The molecule has 18 heavy (non-hydrogen) atoms. The van der Waals surface area contributed by atoms with E-state index in [1.807, 2.05) is 0 Å². The lowest BCUT2D eigenvalue weighted by molar-refractivity contribution is -0.124. The molecule has 3 atom stereocenters. The Balaban J connectivity index is 0.00000289. The first-order valence-corrected chi connectivity index (χ1v) is 6.57. The Hall–Kier alpha value is -0.320. The minimum atomic E-state index is -0.159. The van der Waals surface area contributed by atoms with Gasteiger partial charge in [0.15, 0.2) is 0 Å². The summed E-state index contributed by atoms with van der Waals surface area (Å²) in [5, 5.41) is 3.10. The molecule has 0 aromatic carbocycles. The first-order valence-electron chi connectivity index (χ1n) is 6.57. The Labute approximate surface area is 116 Å². The van der Waals surface area contributed by atoms with Crippen LogP contribution in [-0.2, 0) is 9.53 Å². The summed E-state index contributed by atoms with van der Waals surface area (Å²) in [5.41, 5.74) is 5.50. The van der Waals surface area contributed by atoms with E-state index in [2.05, 4.69) is 19.2 Å². The van der Waals surface area contributed by atoms with Gasteiger partial charge in [0.2, 0.25) is 5.91 Å². The summed E-state index contributed by atoms with van der Waals surface area (Å²) in [7, 11) is 1.59. The Morgan fingerprint density at radius 2 is 1.89 bits per heavy atom. The smallest absolute Gasteiger partial charge is 0.222 e. The van der Waals surface area contributed by atoms with Gasteiger partial charge in [0.05, 0.1) is 12.5 Å². The summed E-state index contributed by atoms with van der Waals surface area (Å²) in [5.74, 6) is 1.47. The lowest BCUT2D eigenvalue weighted by Gasteiger charge is -2.32. The zero-order valence-corrected chi connectivity index (χ0v) is 12.5. The largest absolute Gasteiger partial charge is 0.380 e. The molecule has 0 aromatic heterocycles. The first-order chi connectivity index (χ1) is 8.05. The highest BCUT2D eigenvalue weighted by Gasteiger charge is 2.25. The van der Waals surface area contributed by atoms with Gasteiger partial charge >= 0.3 is 0 Å². The molecule has 0 aliphatic heterocycles. The van der Waals surface area contributed by atoms with E-state index in [1.165, 1.54) is 6.42 Å². The van der Waals surface area contributed by atoms with Crippen molar-refractivity contribution in [3.63, 3.8) is 0 Å². The number of ether oxygens (including phenoxy) is 1. The fraction of sp³-hybridized carbons (Fsp3) is 0.923. The maximum atomic E-state index is 11.8. The van der Waals surface area contributed by atoms with Gasteiger partial charge in [-0.2, -0.15) is 0 Å². The molecule has 5 heteroatoms. The Morgan fingerprint density at radius 1 is 1.33 bits per heavy atom. The van der Waals surface area contributed by atoms with Crippen LogP contribution in [-0.4, -0.2) is 31.7 Å². The quantitative estimate of drug-likeness (QED) is 0.805. The van der Waals surface area contributed by atoms with E-state index in [1.54, 1.807) is 7.11 Å². The molecular formula is C13H27ClN2O2. The topological polar surface area (TPSA) is 64.3 Å². The summed E-state index contributed by atoms with van der Waals surface area (Å²) in [6.07, 6.45) is 3.67. The third-order valence-electron chi connectivity index (χ3n) is 3.55. The van der Waals surface area contributed by atoms with Crippen LogP contribution >= 0.6 is 12.4 Å². The summed E-state index contributed by atoms with van der Waals surface area (Å²) in [6, 6.07) is 0.330. The Kier molecular flexibility index (Phi) is 8.57. The Bertz CT molecular complexity index is 237. The second kappa shape index (κ2) is 8.73. The predicted molar refractivity (Wildman–Crippen MR) is 75.8 cm³/mol. The van der Waals surface area contributed by atoms with Gasteiger partial charge in [-0.25, -0.2) is 0 Å². The zero-order valence-electron chi connectivity index (χ0n) is 11.6. The lowest BCUT2D eigenvalue weighted by Crippen LogP contribution is -2.42. The van der Waals surface area contributed by atoms with Crippen molar-refractivity contribution in [2.45, 2.75) is 51.7 Å². The summed E-state index contributed by atoms with van der Waals surface area (Å²) in [6.45, 7) is 4.90. The number of halogens is 1. The SMILES string of the molecule is COC(CN)CC(=O)NC1CC(C)CC(C)C1.Cl. The van der Waals surface area contributed by atoms with Gasteiger partial charge in [0.1, 0.15) is 0 Å². The van der Waals surface area contributed by atoms with Crippen LogP contribution in [0, 0.1) is 11.8 Å². The van der Waals surface area contributed by atoms with Gasteiger partial charge in [-0.15, -0.1) is 12.4 Å². The molecule has 1 fully saturated rings. The van der Waals surface area contributed by atoms with Crippen molar-refractivity contribution in [2.24, 2.45) is 17.6 Å². The molecule has 1 aliphatic carbocycles. The van der Waals surface area contributed by atoms with Crippen LogP contribution < -0.4 is 11.1 Å². The number of nitrogens with one attached hydrogen (secondary N) is 1. The minimum Gasteiger partial charge on any atom is -0.380 e. The molecule has 0 aromatic rings. The monoisotopic (exact) mass is 278 g/mol. The third-order valence-corrected chi connectivity index (χ3v) is 3.55. The average molecular weight is 279 g/mol. The van der Waals surface area contributed by atoms with Crippen molar-refractivity contribution in [3.05, 3.63) is 0 Å². The van der Waals surface area contributed by atoms with Gasteiger partial charge in [-0.05, 0) is 31.1 Å². The van der Waals surface area contributed by atoms with Gasteiger partial charge in [-0.3, -0.25) is 4.79 Å². The summed E-state index contributed by atoms with van der Waals surface area (Å²) >= 11 is 0. The second-order valence-corrected chi connectivity index (χ2v) is 5.48. The van der Waals surface area contributed by atoms with E-state index >= 15 is 0 Å². The summed E-state index contributed by atoms with van der Waals surface area (Å²) < 4.78 is 5.12. The van der Waals surface area contributed by atoms with Crippen LogP contribution in [0.3, 0.4) is 0 Å². The van der Waals surface area contributed by atoms with Crippen LogP contribution in [0.2, 0.25) is 0 Å². The van der Waals surface area contributed by atoms with Crippen molar-refractivity contribution in [2.75, 3.05) is 13.7 Å². The van der Waals surface area contributed by atoms with E-state index in [9.17, 15) is 4.79 Å². The highest BCUT2D eigenvalue weighted by atomic mass is 35.5. The Morgan fingerprint density at radius 3 is 2.33 bits per heavy atom. The van der Waals surface area contributed by atoms with Crippen LogP contribution in [0.15, 0.2) is 0 Å². The molecule has 1 saturated carbocycles. The molecule has 3 unspecified atom stereocenters. The maximum Gasteiger partial charge on any atom is 0.222 e. The van der Waals surface area contributed by atoms with Crippen molar-refractivity contribution < 1.29 is 9.53 Å². The van der Waals surface area contributed by atoms with E-state index < -0.39 is 0 Å². The number of carbonyl (C=O) groups excluding carboxylic acids is 1. The molecule has 0 spiro atoms. The molecule has 3 N–H and O–H groups in total. The highest BCUT2D eigenvalue weighted by Crippen LogP contribution is 2.28. The van der Waals surface area contributed by atoms with E-state index in [0.29, 0.717) is 30.8 Å². The molecular weight excluding hydrogens is 252 g/mol. The molecule has 1 aliphatic rings. The number of amides is 1. The van der Waals surface area contributed by atoms with Crippen LogP contribution in [0.1, 0.15) is 39.5 Å². The lowest BCUT2D eigenvalue weighted by atomic mass is 9.80. The number of rotatable bonds is 5.